The van der Waals surface area contributed by atoms with Crippen LogP contribution in [0.5, 0.6) is 0 Å². The van der Waals surface area contributed by atoms with Gasteiger partial charge in [-0.2, -0.15) is 0 Å². The molecular weight excluding hydrogens is 548 g/mol. The van der Waals surface area contributed by atoms with Crippen molar-refractivity contribution in [2.75, 3.05) is 7.11 Å². The average molecular weight is 587 g/mol. The van der Waals surface area contributed by atoms with E-state index in [9.17, 15) is 24.0 Å². The first-order valence-electron chi connectivity index (χ1n) is 14.1. The molecule has 2 aliphatic heterocycles. The van der Waals surface area contributed by atoms with Crippen molar-refractivity contribution in [1.29, 1.82) is 0 Å². The third-order valence-corrected chi connectivity index (χ3v) is 10.5. The number of carbonyl (C=O) groups excluding carboxylic acids is 5. The molecule has 0 amide bonds. The summed E-state index contributed by atoms with van der Waals surface area (Å²) < 4.78 is 35.0. The Bertz CT molecular complexity index is 1340. The van der Waals surface area contributed by atoms with Crippen molar-refractivity contribution in [2.45, 2.75) is 90.8 Å². The highest BCUT2D eigenvalue weighted by Gasteiger charge is 2.77. The van der Waals surface area contributed by atoms with E-state index in [1.165, 1.54) is 33.5 Å². The van der Waals surface area contributed by atoms with Crippen LogP contribution in [0.4, 0.5) is 0 Å². The second-order valence-corrected chi connectivity index (χ2v) is 13.1. The zero-order chi connectivity index (χ0) is 31.0. The molecule has 2 saturated heterocycles. The Kier molecular flexibility index (Phi) is 6.99. The van der Waals surface area contributed by atoms with E-state index in [2.05, 4.69) is 6.58 Å². The van der Waals surface area contributed by atoms with Gasteiger partial charge < -0.3 is 28.1 Å². The van der Waals surface area contributed by atoms with E-state index in [1.807, 2.05) is 6.92 Å². The quantitative estimate of drug-likeness (QED) is 0.283. The van der Waals surface area contributed by atoms with E-state index in [-0.39, 0.29) is 25.0 Å². The van der Waals surface area contributed by atoms with Crippen LogP contribution in [0.1, 0.15) is 72.5 Å². The van der Waals surface area contributed by atoms with E-state index in [0.29, 0.717) is 11.1 Å². The maximum Gasteiger partial charge on any atom is 0.309 e. The molecule has 42 heavy (non-hydrogen) atoms. The third kappa shape index (κ3) is 3.99. The topological polar surface area (TPSA) is 145 Å². The normalized spacial score (nSPS) is 40.2. The Morgan fingerprint density at radius 3 is 2.31 bits per heavy atom. The van der Waals surface area contributed by atoms with Crippen molar-refractivity contribution < 1.29 is 52.1 Å². The molecule has 0 N–H and O–H groups in total. The third-order valence-electron chi connectivity index (χ3n) is 10.5. The minimum absolute atomic E-state index is 0.195. The number of esters is 4. The maximum absolute atomic E-state index is 15.0. The minimum Gasteiger partial charge on any atom is -0.472 e. The fraction of sp³-hybridized carbons (Fsp3) is 0.645. The zero-order valence-electron chi connectivity index (χ0n) is 25.0. The van der Waals surface area contributed by atoms with Crippen LogP contribution in [-0.2, 0) is 47.7 Å². The fourth-order valence-corrected chi connectivity index (χ4v) is 8.49. The number of ether oxygens (including phenoxy) is 5. The smallest absolute Gasteiger partial charge is 0.309 e. The summed E-state index contributed by atoms with van der Waals surface area (Å²) in [6.07, 6.45) is -1.61. The van der Waals surface area contributed by atoms with E-state index < -0.39 is 82.0 Å². The summed E-state index contributed by atoms with van der Waals surface area (Å²) >= 11 is 0. The van der Waals surface area contributed by atoms with Crippen LogP contribution in [0.25, 0.3) is 0 Å². The zero-order valence-corrected chi connectivity index (χ0v) is 25.0. The van der Waals surface area contributed by atoms with Crippen molar-refractivity contribution in [3.63, 3.8) is 0 Å². The lowest BCUT2D eigenvalue weighted by atomic mass is 9.49. The Morgan fingerprint density at radius 2 is 1.74 bits per heavy atom. The van der Waals surface area contributed by atoms with Crippen LogP contribution in [0, 0.1) is 28.1 Å². The highest BCUT2D eigenvalue weighted by molar-refractivity contribution is 5.93. The van der Waals surface area contributed by atoms with Crippen LogP contribution < -0.4 is 0 Å². The first-order valence-corrected chi connectivity index (χ1v) is 14.1. The highest BCUT2D eigenvalue weighted by atomic mass is 16.6. The van der Waals surface area contributed by atoms with Crippen molar-refractivity contribution >= 4 is 29.7 Å². The Hall–Kier alpha value is -3.47. The first-order chi connectivity index (χ1) is 19.5. The van der Waals surface area contributed by atoms with Gasteiger partial charge in [-0.3, -0.25) is 24.0 Å². The number of hydrogen-bond donors (Lipinski definition) is 0. The number of carbonyl (C=O) groups is 5. The summed E-state index contributed by atoms with van der Waals surface area (Å²) in [7, 11) is 1.26. The molecule has 9 atom stereocenters. The lowest BCUT2D eigenvalue weighted by Crippen LogP contribution is -2.71. The second kappa shape index (κ2) is 9.79. The van der Waals surface area contributed by atoms with Gasteiger partial charge in [-0.05, 0) is 30.9 Å². The summed E-state index contributed by atoms with van der Waals surface area (Å²) in [6.45, 7) is 13.9. The number of methoxy groups -OCH3 is 1. The molecule has 1 spiro atoms. The van der Waals surface area contributed by atoms with Gasteiger partial charge in [0.25, 0.3) is 0 Å². The molecule has 11 heteroatoms. The average Bonchev–Trinajstić information content (AvgIpc) is 3.50. The highest BCUT2D eigenvalue weighted by Crippen LogP contribution is 2.70. The molecule has 0 aromatic carbocycles. The number of furan rings is 1. The van der Waals surface area contributed by atoms with Crippen molar-refractivity contribution in [1.82, 2.24) is 0 Å². The lowest BCUT2D eigenvalue weighted by molar-refractivity contribution is -0.289. The second-order valence-electron chi connectivity index (χ2n) is 13.1. The van der Waals surface area contributed by atoms with Gasteiger partial charge in [0.15, 0.2) is 6.10 Å². The summed E-state index contributed by atoms with van der Waals surface area (Å²) in [4.78, 5) is 66.0. The summed E-state index contributed by atoms with van der Waals surface area (Å²) in [5.41, 5.74) is -3.86. The number of ketones is 1. The van der Waals surface area contributed by atoms with Crippen LogP contribution >= 0.6 is 0 Å². The van der Waals surface area contributed by atoms with Gasteiger partial charge in [-0.15, -0.1) is 0 Å². The van der Waals surface area contributed by atoms with Crippen molar-refractivity contribution in [3.8, 4) is 0 Å². The largest absolute Gasteiger partial charge is 0.472 e. The molecule has 3 heterocycles. The van der Waals surface area contributed by atoms with Gasteiger partial charge in [0.2, 0.25) is 0 Å². The monoisotopic (exact) mass is 586 g/mol. The molecule has 0 unspecified atom stereocenters. The molecule has 4 aliphatic rings. The number of fused-ring (bicyclic) bond motifs is 2. The SMILES string of the molecule is C=C1[C@H]2C[C@]3(C)[C@@H](c4ccoc4)OC(=O)C[C@@]13O[C@@H]1[C@H](OC(C)=O)[C@H](OC(C)=O)C(C)(C)[C@@H](CC(=O)OC)[C@]1(C)C2=O. The van der Waals surface area contributed by atoms with Crippen LogP contribution in [0.3, 0.4) is 0 Å². The van der Waals surface area contributed by atoms with E-state index in [1.54, 1.807) is 26.8 Å². The predicted octanol–water partition coefficient (Wildman–Crippen LogP) is 3.65. The number of cyclic esters (lactones) is 1. The van der Waals surface area contributed by atoms with Crippen LogP contribution in [-0.4, -0.2) is 60.7 Å². The van der Waals surface area contributed by atoms with E-state index in [0.717, 1.165) is 0 Å². The van der Waals surface area contributed by atoms with Gasteiger partial charge in [-0.25, -0.2) is 0 Å². The molecule has 4 fully saturated rings. The Balaban J connectivity index is 1.76. The lowest BCUT2D eigenvalue weighted by Gasteiger charge is -2.61. The van der Waals surface area contributed by atoms with Gasteiger partial charge in [0, 0.05) is 36.2 Å². The number of rotatable bonds is 5. The molecular formula is C31H38O11. The molecule has 228 valence electrons. The molecule has 1 aromatic rings. The molecule has 11 nitrogen and oxygen atoms in total. The summed E-state index contributed by atoms with van der Waals surface area (Å²) in [6, 6.07) is 1.70. The molecule has 2 saturated carbocycles. The first kappa shape index (κ1) is 30.0. The number of Topliss-reactive ketones (excluding diaryl/α,β-unsaturated/α-hetero) is 1. The maximum atomic E-state index is 15.0. The van der Waals surface area contributed by atoms with Gasteiger partial charge in [0.1, 0.15) is 29.7 Å². The minimum atomic E-state index is -1.45. The van der Waals surface area contributed by atoms with Crippen molar-refractivity contribution in [3.05, 3.63) is 36.3 Å². The summed E-state index contributed by atoms with van der Waals surface area (Å²) in [5, 5.41) is 0. The Morgan fingerprint density at radius 1 is 1.07 bits per heavy atom. The number of hydrogen-bond acceptors (Lipinski definition) is 11. The van der Waals surface area contributed by atoms with E-state index >= 15 is 0 Å². The summed E-state index contributed by atoms with van der Waals surface area (Å²) in [5.74, 6) is -4.24. The van der Waals surface area contributed by atoms with Crippen LogP contribution in [0.2, 0.25) is 0 Å². The Labute approximate surface area is 244 Å². The van der Waals surface area contributed by atoms with Crippen LogP contribution in [0.15, 0.2) is 35.2 Å². The van der Waals surface area contributed by atoms with Gasteiger partial charge in [-0.1, -0.05) is 27.4 Å². The molecule has 1 aromatic heterocycles. The van der Waals surface area contributed by atoms with Gasteiger partial charge >= 0.3 is 23.9 Å². The van der Waals surface area contributed by atoms with E-state index in [4.69, 9.17) is 28.1 Å². The van der Waals surface area contributed by atoms with Gasteiger partial charge in [0.05, 0.1) is 37.9 Å². The fourth-order valence-electron chi connectivity index (χ4n) is 8.49. The predicted molar refractivity (Wildman–Crippen MR) is 143 cm³/mol. The van der Waals surface area contributed by atoms with Crippen molar-refractivity contribution in [2.24, 2.45) is 28.1 Å². The molecule has 0 radical (unpaired) electrons. The standard InChI is InChI=1S/C31H38O11/c1-15-19-12-29(6)25(18-9-10-38-14-18)41-22(35)13-31(15,29)42-27-23(39-16(2)32)26(40-17(3)33)28(4,5)20(11-21(34)37-8)30(27,7)24(19)36/h9-10,14,19-20,23,25-27H,1,11-13H2,2-8H3/t19-,20-,23-,25-,26+,27-,29-,30-,31-/m1/s1. The molecule has 2 bridgehead atoms. The molecule has 2 aliphatic carbocycles. The molecule has 5 rings (SSSR count).